The first-order valence-corrected chi connectivity index (χ1v) is 8.20. The monoisotopic (exact) mass is 267 g/mol. The minimum absolute atomic E-state index is 0.486. The summed E-state index contributed by atoms with van der Waals surface area (Å²) in [6.07, 6.45) is 9.97. The molecule has 0 radical (unpaired) electrons. The molecule has 5 nitrogen and oxygen atoms in total. The van der Waals surface area contributed by atoms with Crippen LogP contribution in [0.5, 0.6) is 0 Å². The van der Waals surface area contributed by atoms with Gasteiger partial charge in [-0.3, -0.25) is 0 Å². The minimum atomic E-state index is 0.486. The minimum Gasteiger partial charge on any atom is -0.307 e. The summed E-state index contributed by atoms with van der Waals surface area (Å²) in [4.78, 5) is 0. The number of nitrogens with one attached hydrogen (secondary N) is 1. The number of thioether (sulfide) groups is 1. The van der Waals surface area contributed by atoms with Gasteiger partial charge in [0.05, 0.1) is 12.6 Å². The molecule has 0 aliphatic heterocycles. The van der Waals surface area contributed by atoms with Crippen molar-refractivity contribution in [1.29, 1.82) is 0 Å². The number of nitrogens with zero attached hydrogens (tertiary/aromatic N) is 4. The van der Waals surface area contributed by atoms with Gasteiger partial charge in [-0.05, 0) is 42.4 Å². The van der Waals surface area contributed by atoms with E-state index in [2.05, 4.69) is 31.8 Å². The molecule has 2 unspecified atom stereocenters. The smallest absolute Gasteiger partial charge is 0.165 e. The van der Waals surface area contributed by atoms with E-state index in [0.717, 1.165) is 12.4 Å². The topological polar surface area (TPSA) is 55.6 Å². The summed E-state index contributed by atoms with van der Waals surface area (Å²) in [6.45, 7) is 0.815. The van der Waals surface area contributed by atoms with Crippen molar-refractivity contribution >= 4 is 11.8 Å². The summed E-state index contributed by atoms with van der Waals surface area (Å²) in [5, 5.41) is 16.5. The molecule has 2 saturated carbocycles. The molecule has 0 spiro atoms. The summed E-state index contributed by atoms with van der Waals surface area (Å²) in [5.41, 5.74) is 0. The third-order valence-electron chi connectivity index (χ3n) is 3.97. The second-order valence-corrected chi connectivity index (χ2v) is 6.40. The number of aromatic nitrogens is 4. The Morgan fingerprint density at radius 3 is 2.89 bits per heavy atom. The summed E-state index contributed by atoms with van der Waals surface area (Å²) in [6, 6.07) is 1.19. The first-order valence-electron chi connectivity index (χ1n) is 6.91. The third kappa shape index (κ3) is 2.69. The summed E-state index contributed by atoms with van der Waals surface area (Å²) in [7, 11) is 0. The molecule has 18 heavy (non-hydrogen) atoms. The van der Waals surface area contributed by atoms with Crippen LogP contribution in [0.2, 0.25) is 0 Å². The maximum absolute atomic E-state index is 4.24. The third-order valence-corrected chi connectivity index (χ3v) is 5.13. The fraction of sp³-hybridized carbons (Fsp3) is 0.917. The van der Waals surface area contributed by atoms with E-state index in [0.29, 0.717) is 17.3 Å². The zero-order chi connectivity index (χ0) is 12.4. The van der Waals surface area contributed by atoms with E-state index >= 15 is 0 Å². The molecule has 100 valence electrons. The van der Waals surface area contributed by atoms with Crippen LogP contribution < -0.4 is 5.32 Å². The molecule has 6 heteroatoms. The highest BCUT2D eigenvalue weighted by Crippen LogP contribution is 2.35. The van der Waals surface area contributed by atoms with Crippen LogP contribution in [-0.4, -0.2) is 37.8 Å². The van der Waals surface area contributed by atoms with Crippen LogP contribution in [0.4, 0.5) is 0 Å². The Labute approximate surface area is 112 Å². The lowest BCUT2D eigenvalue weighted by atomic mass is 9.95. The van der Waals surface area contributed by atoms with Crippen molar-refractivity contribution in [3.05, 3.63) is 5.82 Å². The standard InChI is InChI=1S/C12H21N5S/c1-18-11-5-3-2-4-10(11)17-12(14-15-16-17)8-13-9-6-7-9/h9-11,13H,2-8H2,1H3. The largest absolute Gasteiger partial charge is 0.307 e. The lowest BCUT2D eigenvalue weighted by Crippen LogP contribution is -2.29. The Hall–Kier alpha value is -0.620. The highest BCUT2D eigenvalue weighted by molar-refractivity contribution is 7.99. The molecular weight excluding hydrogens is 246 g/mol. The maximum Gasteiger partial charge on any atom is 0.165 e. The fourth-order valence-electron chi connectivity index (χ4n) is 2.74. The zero-order valence-electron chi connectivity index (χ0n) is 10.9. The molecule has 2 atom stereocenters. The first kappa shape index (κ1) is 12.4. The SMILES string of the molecule is CSC1CCCCC1n1nnnc1CNC1CC1. The Kier molecular flexibility index (Phi) is 3.84. The van der Waals surface area contributed by atoms with Gasteiger partial charge in [-0.1, -0.05) is 12.8 Å². The van der Waals surface area contributed by atoms with Crippen LogP contribution in [0.15, 0.2) is 0 Å². The average Bonchev–Trinajstić information content (AvgIpc) is 3.13. The molecule has 1 N–H and O–H groups in total. The van der Waals surface area contributed by atoms with Crippen LogP contribution in [0.3, 0.4) is 0 Å². The zero-order valence-corrected chi connectivity index (χ0v) is 11.7. The lowest BCUT2D eigenvalue weighted by Gasteiger charge is -2.30. The molecule has 1 aromatic rings. The molecule has 1 heterocycles. The maximum atomic E-state index is 4.24. The number of tetrazole rings is 1. The van der Waals surface area contributed by atoms with Crippen molar-refractivity contribution in [2.75, 3.05) is 6.26 Å². The molecule has 0 bridgehead atoms. The van der Waals surface area contributed by atoms with Gasteiger partial charge < -0.3 is 5.32 Å². The molecule has 2 aliphatic rings. The van der Waals surface area contributed by atoms with Gasteiger partial charge in [0.2, 0.25) is 0 Å². The highest BCUT2D eigenvalue weighted by Gasteiger charge is 2.29. The van der Waals surface area contributed by atoms with Gasteiger partial charge in [-0.15, -0.1) is 5.10 Å². The van der Waals surface area contributed by atoms with Crippen molar-refractivity contribution < 1.29 is 0 Å². The summed E-state index contributed by atoms with van der Waals surface area (Å²) < 4.78 is 2.08. The van der Waals surface area contributed by atoms with Gasteiger partial charge in [0.15, 0.2) is 5.82 Å². The van der Waals surface area contributed by atoms with Crippen LogP contribution >= 0.6 is 11.8 Å². The molecule has 2 fully saturated rings. The van der Waals surface area contributed by atoms with E-state index in [1.165, 1.54) is 38.5 Å². The first-order chi connectivity index (χ1) is 8.88. The van der Waals surface area contributed by atoms with Crippen LogP contribution in [-0.2, 0) is 6.54 Å². The number of hydrogen-bond acceptors (Lipinski definition) is 5. The van der Waals surface area contributed by atoms with Crippen molar-refractivity contribution in [2.24, 2.45) is 0 Å². The lowest BCUT2D eigenvalue weighted by molar-refractivity contribution is 0.324. The summed E-state index contributed by atoms with van der Waals surface area (Å²) >= 11 is 1.96. The highest BCUT2D eigenvalue weighted by atomic mass is 32.2. The molecule has 2 aliphatic carbocycles. The fourth-order valence-corrected chi connectivity index (χ4v) is 3.71. The van der Waals surface area contributed by atoms with E-state index in [-0.39, 0.29) is 0 Å². The van der Waals surface area contributed by atoms with Crippen molar-refractivity contribution in [1.82, 2.24) is 25.5 Å². The van der Waals surface area contributed by atoms with Gasteiger partial charge in [-0.25, -0.2) is 4.68 Å². The van der Waals surface area contributed by atoms with Crippen LogP contribution in [0, 0.1) is 0 Å². The number of rotatable bonds is 5. The Balaban J connectivity index is 1.70. The Bertz CT molecular complexity index is 390. The van der Waals surface area contributed by atoms with Crippen molar-refractivity contribution in [3.63, 3.8) is 0 Å². The van der Waals surface area contributed by atoms with Gasteiger partial charge in [-0.2, -0.15) is 11.8 Å². The molecule has 3 rings (SSSR count). The van der Waals surface area contributed by atoms with Gasteiger partial charge in [0.1, 0.15) is 0 Å². The normalized spacial score (nSPS) is 28.5. The van der Waals surface area contributed by atoms with Gasteiger partial charge in [0, 0.05) is 11.3 Å². The van der Waals surface area contributed by atoms with Crippen molar-refractivity contribution in [3.8, 4) is 0 Å². The van der Waals surface area contributed by atoms with E-state index in [4.69, 9.17) is 0 Å². The van der Waals surface area contributed by atoms with Gasteiger partial charge >= 0.3 is 0 Å². The number of hydrogen-bond donors (Lipinski definition) is 1. The predicted molar refractivity (Wildman–Crippen MR) is 72.5 cm³/mol. The summed E-state index contributed by atoms with van der Waals surface area (Å²) in [5.74, 6) is 1.01. The molecular formula is C12H21N5S. The Morgan fingerprint density at radius 1 is 1.28 bits per heavy atom. The van der Waals surface area contributed by atoms with Crippen molar-refractivity contribution in [2.45, 2.75) is 62.4 Å². The molecule has 0 amide bonds. The quantitative estimate of drug-likeness (QED) is 0.881. The predicted octanol–water partition coefficient (Wildman–Crippen LogP) is 1.77. The molecule has 0 aromatic carbocycles. The molecule has 1 aromatic heterocycles. The van der Waals surface area contributed by atoms with E-state index in [9.17, 15) is 0 Å². The van der Waals surface area contributed by atoms with E-state index < -0.39 is 0 Å². The second-order valence-electron chi connectivity index (χ2n) is 5.32. The molecule has 0 saturated heterocycles. The average molecular weight is 267 g/mol. The van der Waals surface area contributed by atoms with Crippen LogP contribution in [0.1, 0.15) is 50.4 Å². The van der Waals surface area contributed by atoms with Gasteiger partial charge in [0.25, 0.3) is 0 Å². The Morgan fingerprint density at radius 2 is 2.11 bits per heavy atom. The van der Waals surface area contributed by atoms with E-state index in [1.54, 1.807) is 0 Å². The second kappa shape index (κ2) is 5.57. The van der Waals surface area contributed by atoms with Crippen LogP contribution in [0.25, 0.3) is 0 Å². The van der Waals surface area contributed by atoms with E-state index in [1.807, 2.05) is 11.8 Å².